The van der Waals surface area contributed by atoms with Crippen LogP contribution in [0, 0.1) is 23.2 Å². The van der Waals surface area contributed by atoms with Crippen LogP contribution in [0.15, 0.2) is 54.9 Å². The Balaban J connectivity index is 1.15. The third-order valence-electron chi connectivity index (χ3n) is 10.4. The van der Waals surface area contributed by atoms with Gasteiger partial charge in [0.1, 0.15) is 17.9 Å². The third kappa shape index (κ3) is 7.52. The van der Waals surface area contributed by atoms with Crippen molar-refractivity contribution in [2.75, 3.05) is 31.6 Å². The topological polar surface area (TPSA) is 121 Å². The number of hydrogen-bond donors (Lipinski definition) is 1. The molecule has 3 aliphatic rings. The van der Waals surface area contributed by atoms with Gasteiger partial charge in [-0.25, -0.2) is 4.79 Å². The molecule has 1 N–H and O–H groups in total. The van der Waals surface area contributed by atoms with E-state index in [9.17, 15) is 20.0 Å². The van der Waals surface area contributed by atoms with E-state index in [4.69, 9.17) is 9.47 Å². The highest BCUT2D eigenvalue weighted by atomic mass is 16.6. The molecule has 3 fully saturated rings. The number of likely N-dealkylation sites (tertiary alicyclic amines) is 1. The van der Waals surface area contributed by atoms with Crippen LogP contribution in [0.5, 0.6) is 5.75 Å². The summed E-state index contributed by atoms with van der Waals surface area (Å²) in [6, 6.07) is 16.7. The lowest BCUT2D eigenvalue weighted by molar-refractivity contribution is -0.124. The third-order valence-corrected chi connectivity index (χ3v) is 10.4. The zero-order valence-electron chi connectivity index (χ0n) is 28.3. The molecule has 2 saturated carbocycles. The van der Waals surface area contributed by atoms with Crippen LogP contribution in [0.25, 0.3) is 11.1 Å². The molecule has 0 bridgehead atoms. The number of nitrogens with zero attached hydrogens (tertiary/aromatic N) is 5. The van der Waals surface area contributed by atoms with Crippen LogP contribution in [0.3, 0.4) is 0 Å². The second kappa shape index (κ2) is 14.8. The largest absolute Gasteiger partial charge is 0.495 e. The van der Waals surface area contributed by atoms with Gasteiger partial charge in [-0.1, -0.05) is 18.2 Å². The Morgan fingerprint density at radius 1 is 1.02 bits per heavy atom. The van der Waals surface area contributed by atoms with Gasteiger partial charge in [0.15, 0.2) is 0 Å². The van der Waals surface area contributed by atoms with Gasteiger partial charge in [0.2, 0.25) is 5.91 Å². The number of benzene rings is 2. The molecule has 2 aliphatic carbocycles. The number of aromatic nitrogens is 2. The molecule has 6 rings (SSSR count). The molecule has 1 saturated heterocycles. The summed E-state index contributed by atoms with van der Waals surface area (Å²) in [6.45, 7) is 5.50. The van der Waals surface area contributed by atoms with Crippen molar-refractivity contribution in [3.05, 3.63) is 66.0 Å². The fourth-order valence-corrected chi connectivity index (χ4v) is 7.42. The standard InChI is InChI=1S/C38H47N5O5/c1-25(2)43-22-32(20-40-43)29-5-4-6-33(18-29)42(37(45)28-11-14-35(15-12-28)48-38(46)41-23-34(44)24-41)21-26-7-9-27(10-8-26)30-13-16-36(47-3)31(17-30)19-39/h4-6,13,16-18,20,22,25-28,34-35,44H,7-12,14-15,21,23-24H2,1-3H3. The molecular weight excluding hydrogens is 606 g/mol. The molecule has 1 aromatic heterocycles. The number of nitriles is 1. The van der Waals surface area contributed by atoms with Crippen molar-refractivity contribution in [2.24, 2.45) is 11.8 Å². The first-order valence-corrected chi connectivity index (χ1v) is 17.4. The quantitative estimate of drug-likeness (QED) is 0.273. The van der Waals surface area contributed by atoms with Crippen LogP contribution in [0.4, 0.5) is 10.5 Å². The maximum Gasteiger partial charge on any atom is 0.410 e. The number of amides is 2. The number of carbonyl (C=O) groups excluding carboxylic acids is 2. The summed E-state index contributed by atoms with van der Waals surface area (Å²) in [5, 5.41) is 23.7. The summed E-state index contributed by atoms with van der Waals surface area (Å²) < 4.78 is 13.0. The molecule has 10 heteroatoms. The number of β-amino-alcohol motifs (C(OH)–C–C–N with tert-alkyl or cyclic N) is 1. The molecule has 0 radical (unpaired) electrons. The first-order chi connectivity index (χ1) is 23.2. The van der Waals surface area contributed by atoms with Gasteiger partial charge in [-0.2, -0.15) is 10.4 Å². The van der Waals surface area contributed by atoms with Crippen LogP contribution >= 0.6 is 0 Å². The maximum atomic E-state index is 14.4. The Bertz CT molecular complexity index is 1620. The fourth-order valence-electron chi connectivity index (χ4n) is 7.42. The number of anilines is 1. The van der Waals surface area contributed by atoms with Crippen molar-refractivity contribution in [1.29, 1.82) is 5.26 Å². The van der Waals surface area contributed by atoms with Crippen molar-refractivity contribution in [2.45, 2.75) is 89.4 Å². The van der Waals surface area contributed by atoms with Gasteiger partial charge in [-0.15, -0.1) is 0 Å². The summed E-state index contributed by atoms with van der Waals surface area (Å²) in [5.41, 5.74) is 4.69. The summed E-state index contributed by atoms with van der Waals surface area (Å²) in [7, 11) is 1.59. The Morgan fingerprint density at radius 2 is 1.77 bits per heavy atom. The number of methoxy groups -OCH3 is 1. The van der Waals surface area contributed by atoms with E-state index < -0.39 is 6.10 Å². The Kier molecular flexibility index (Phi) is 10.4. The predicted octanol–water partition coefficient (Wildman–Crippen LogP) is 6.69. The number of rotatable bonds is 9. The average Bonchev–Trinajstić information content (AvgIpc) is 3.60. The smallest absolute Gasteiger partial charge is 0.410 e. The van der Waals surface area contributed by atoms with Crippen molar-refractivity contribution in [3.8, 4) is 22.9 Å². The lowest BCUT2D eigenvalue weighted by Gasteiger charge is -2.38. The molecule has 2 aromatic carbocycles. The number of aliphatic hydroxyl groups excluding tert-OH is 1. The molecule has 0 spiro atoms. The Labute approximate surface area is 283 Å². The van der Waals surface area contributed by atoms with Gasteiger partial charge in [0.25, 0.3) is 0 Å². The predicted molar refractivity (Wildman–Crippen MR) is 183 cm³/mol. The molecule has 0 unspecified atom stereocenters. The fraction of sp³-hybridized carbons (Fsp3) is 0.526. The summed E-state index contributed by atoms with van der Waals surface area (Å²) >= 11 is 0. The maximum absolute atomic E-state index is 14.4. The molecule has 2 amide bonds. The lowest BCUT2D eigenvalue weighted by Crippen LogP contribution is -2.54. The van der Waals surface area contributed by atoms with Gasteiger partial charge >= 0.3 is 6.09 Å². The zero-order chi connectivity index (χ0) is 33.8. The summed E-state index contributed by atoms with van der Waals surface area (Å²) in [5.74, 6) is 1.33. The molecule has 48 heavy (non-hydrogen) atoms. The minimum atomic E-state index is -0.462. The highest BCUT2D eigenvalue weighted by molar-refractivity contribution is 5.95. The SMILES string of the molecule is COc1ccc(C2CCC(CN(C(=O)C3CCC(OC(=O)N4CC(O)C4)CC3)c3cccc(-c4cnn(C(C)C)c4)c3)CC2)cc1C#N. The first-order valence-electron chi connectivity index (χ1n) is 17.4. The summed E-state index contributed by atoms with van der Waals surface area (Å²) in [6.07, 6.45) is 9.54. The number of carbonyl (C=O) groups is 2. The van der Waals surface area contributed by atoms with Gasteiger partial charge < -0.3 is 24.4 Å². The Hall–Kier alpha value is -4.36. The van der Waals surface area contributed by atoms with Gasteiger partial charge in [0.05, 0.1) is 38.1 Å². The average molecular weight is 654 g/mol. The van der Waals surface area contributed by atoms with Crippen molar-refractivity contribution in [3.63, 3.8) is 0 Å². The highest BCUT2D eigenvalue weighted by Crippen LogP contribution is 2.39. The Morgan fingerprint density at radius 3 is 2.42 bits per heavy atom. The first kappa shape index (κ1) is 33.5. The van der Waals surface area contributed by atoms with Crippen molar-refractivity contribution >= 4 is 17.7 Å². The monoisotopic (exact) mass is 653 g/mol. The molecule has 1 aliphatic heterocycles. The number of hydrogen-bond acceptors (Lipinski definition) is 7. The highest BCUT2D eigenvalue weighted by Gasteiger charge is 2.36. The summed E-state index contributed by atoms with van der Waals surface area (Å²) in [4.78, 5) is 30.3. The number of ether oxygens (including phenoxy) is 2. The molecule has 0 atom stereocenters. The molecule has 254 valence electrons. The molecule has 10 nitrogen and oxygen atoms in total. The number of aliphatic hydroxyl groups is 1. The molecule has 3 aromatic rings. The zero-order valence-corrected chi connectivity index (χ0v) is 28.3. The van der Waals surface area contributed by atoms with E-state index in [0.717, 1.165) is 42.5 Å². The van der Waals surface area contributed by atoms with E-state index in [1.54, 1.807) is 7.11 Å². The van der Waals surface area contributed by atoms with Crippen LogP contribution in [0.2, 0.25) is 0 Å². The van der Waals surface area contributed by atoms with E-state index >= 15 is 0 Å². The van der Waals surface area contributed by atoms with Crippen molar-refractivity contribution < 1.29 is 24.2 Å². The van der Waals surface area contributed by atoms with Crippen LogP contribution in [-0.2, 0) is 9.53 Å². The normalized spacial score (nSPS) is 22.9. The second-order valence-electron chi connectivity index (χ2n) is 14.0. The van der Waals surface area contributed by atoms with E-state index in [-0.39, 0.29) is 30.1 Å². The van der Waals surface area contributed by atoms with Gasteiger partial charge in [-0.05, 0) is 112 Å². The minimum absolute atomic E-state index is 0.136. The van der Waals surface area contributed by atoms with Gasteiger partial charge in [0, 0.05) is 36.0 Å². The van der Waals surface area contributed by atoms with E-state index in [2.05, 4.69) is 49.4 Å². The molecule has 2 heterocycles. The van der Waals surface area contributed by atoms with Crippen LogP contribution < -0.4 is 9.64 Å². The second-order valence-corrected chi connectivity index (χ2v) is 14.0. The van der Waals surface area contributed by atoms with Crippen LogP contribution in [-0.4, -0.2) is 70.7 Å². The van der Waals surface area contributed by atoms with Crippen molar-refractivity contribution in [1.82, 2.24) is 14.7 Å². The van der Waals surface area contributed by atoms with Gasteiger partial charge in [-0.3, -0.25) is 9.48 Å². The lowest BCUT2D eigenvalue weighted by atomic mass is 9.78. The minimum Gasteiger partial charge on any atom is -0.495 e. The van der Waals surface area contributed by atoms with E-state index in [1.807, 2.05) is 40.0 Å². The van der Waals surface area contributed by atoms with Crippen LogP contribution in [0.1, 0.15) is 88.3 Å². The van der Waals surface area contributed by atoms with E-state index in [0.29, 0.717) is 68.5 Å². The molecular formula is C38H47N5O5. The van der Waals surface area contributed by atoms with E-state index in [1.165, 1.54) is 10.5 Å².